The van der Waals surface area contributed by atoms with Crippen molar-refractivity contribution in [2.45, 2.75) is 11.8 Å². The van der Waals surface area contributed by atoms with E-state index < -0.39 is 28.3 Å². The summed E-state index contributed by atoms with van der Waals surface area (Å²) in [7, 11) is -4.13. The quantitative estimate of drug-likeness (QED) is 0.526. The average Bonchev–Trinajstić information content (AvgIpc) is 2.75. The van der Waals surface area contributed by atoms with Crippen LogP contribution in [0, 0.1) is 5.82 Å². The lowest BCUT2D eigenvalue weighted by Gasteiger charge is -2.24. The molecule has 0 saturated heterocycles. The van der Waals surface area contributed by atoms with Crippen LogP contribution >= 0.6 is 11.6 Å². The van der Waals surface area contributed by atoms with Crippen LogP contribution in [0.15, 0.2) is 77.7 Å². The van der Waals surface area contributed by atoms with Crippen molar-refractivity contribution in [3.63, 3.8) is 0 Å². The van der Waals surface area contributed by atoms with Crippen LogP contribution < -0.4 is 14.4 Å². The molecule has 3 aromatic rings. The summed E-state index contributed by atoms with van der Waals surface area (Å²) in [5.41, 5.74) is 0.497. The van der Waals surface area contributed by atoms with Gasteiger partial charge in [0.15, 0.2) is 0 Å². The molecule has 3 aromatic carbocycles. The zero-order valence-corrected chi connectivity index (χ0v) is 18.2. The van der Waals surface area contributed by atoms with Crippen LogP contribution in [0.2, 0.25) is 5.02 Å². The van der Waals surface area contributed by atoms with Gasteiger partial charge in [-0.15, -0.1) is 0 Å². The molecule has 1 amide bonds. The van der Waals surface area contributed by atoms with Crippen molar-refractivity contribution in [2.75, 3.05) is 22.8 Å². The molecule has 9 heteroatoms. The van der Waals surface area contributed by atoms with Gasteiger partial charge < -0.3 is 10.1 Å². The molecule has 31 heavy (non-hydrogen) atoms. The second kappa shape index (κ2) is 9.80. The topological polar surface area (TPSA) is 75.7 Å². The van der Waals surface area contributed by atoms with Crippen molar-refractivity contribution in [1.82, 2.24) is 0 Å². The Morgan fingerprint density at radius 2 is 1.68 bits per heavy atom. The molecule has 0 aliphatic rings. The molecule has 0 aliphatic heterocycles. The van der Waals surface area contributed by atoms with Crippen LogP contribution in [0.25, 0.3) is 0 Å². The van der Waals surface area contributed by atoms with E-state index in [0.717, 1.165) is 16.4 Å². The molecule has 0 aromatic heterocycles. The zero-order chi connectivity index (χ0) is 22.4. The molecule has 6 nitrogen and oxygen atoms in total. The number of nitrogens with zero attached hydrogens (tertiary/aromatic N) is 1. The largest absolute Gasteiger partial charge is 0.494 e. The van der Waals surface area contributed by atoms with Crippen LogP contribution in [0.4, 0.5) is 15.8 Å². The molecular formula is C22H20ClFN2O4S. The zero-order valence-electron chi connectivity index (χ0n) is 16.6. The van der Waals surface area contributed by atoms with E-state index in [2.05, 4.69) is 5.32 Å². The average molecular weight is 463 g/mol. The Morgan fingerprint density at radius 3 is 2.29 bits per heavy atom. The van der Waals surface area contributed by atoms with Gasteiger partial charge in [0.25, 0.3) is 10.0 Å². The monoisotopic (exact) mass is 462 g/mol. The summed E-state index contributed by atoms with van der Waals surface area (Å²) in [6.07, 6.45) is 0. The summed E-state index contributed by atoms with van der Waals surface area (Å²) in [4.78, 5) is 12.6. The fourth-order valence-corrected chi connectivity index (χ4v) is 4.41. The highest BCUT2D eigenvalue weighted by atomic mass is 35.5. The Hall–Kier alpha value is -3.10. The maximum absolute atomic E-state index is 13.4. The van der Waals surface area contributed by atoms with E-state index in [-0.39, 0.29) is 10.6 Å². The van der Waals surface area contributed by atoms with Gasteiger partial charge in [0.2, 0.25) is 5.91 Å². The predicted molar refractivity (Wildman–Crippen MR) is 119 cm³/mol. The van der Waals surface area contributed by atoms with Crippen LogP contribution in [0.5, 0.6) is 5.75 Å². The van der Waals surface area contributed by atoms with Crippen molar-refractivity contribution in [2.24, 2.45) is 0 Å². The summed E-state index contributed by atoms with van der Waals surface area (Å²) in [5, 5.41) is 2.92. The number of amides is 1. The van der Waals surface area contributed by atoms with E-state index in [1.54, 1.807) is 24.3 Å². The minimum absolute atomic E-state index is 0.0363. The highest BCUT2D eigenvalue weighted by Gasteiger charge is 2.27. The summed E-state index contributed by atoms with van der Waals surface area (Å²) < 4.78 is 46.3. The lowest BCUT2D eigenvalue weighted by Crippen LogP contribution is -2.38. The lowest BCUT2D eigenvalue weighted by molar-refractivity contribution is -0.114. The van der Waals surface area contributed by atoms with Crippen LogP contribution in [-0.2, 0) is 14.8 Å². The van der Waals surface area contributed by atoms with Crippen LogP contribution in [0.1, 0.15) is 6.92 Å². The summed E-state index contributed by atoms with van der Waals surface area (Å²) in [6, 6.07) is 17.3. The van der Waals surface area contributed by atoms with Gasteiger partial charge in [-0.1, -0.05) is 23.7 Å². The maximum atomic E-state index is 13.4. The Labute approximate surface area is 185 Å². The minimum atomic E-state index is -4.13. The Bertz CT molecular complexity index is 1150. The number of nitrogens with one attached hydrogen (secondary N) is 1. The van der Waals surface area contributed by atoms with Gasteiger partial charge in [0, 0.05) is 0 Å². The number of anilines is 2. The van der Waals surface area contributed by atoms with Crippen LogP contribution in [0.3, 0.4) is 0 Å². The SMILES string of the molecule is CCOc1ccc(S(=O)(=O)N(CC(=O)Nc2ccccc2Cl)c2ccc(F)cc2)cc1. The third-order valence-electron chi connectivity index (χ3n) is 4.27. The number of carbonyl (C=O) groups is 1. The minimum Gasteiger partial charge on any atom is -0.494 e. The number of halogens is 2. The van der Waals surface area contributed by atoms with E-state index in [1.807, 2.05) is 6.92 Å². The first-order chi connectivity index (χ1) is 14.8. The Kier molecular flexibility index (Phi) is 7.14. The lowest BCUT2D eigenvalue weighted by atomic mass is 10.3. The molecule has 0 heterocycles. The predicted octanol–water partition coefficient (Wildman–Crippen LogP) is 4.71. The van der Waals surface area contributed by atoms with Crippen LogP contribution in [-0.4, -0.2) is 27.5 Å². The first-order valence-electron chi connectivity index (χ1n) is 9.37. The summed E-state index contributed by atoms with van der Waals surface area (Å²) >= 11 is 6.07. The Balaban J connectivity index is 1.93. The number of rotatable bonds is 8. The van der Waals surface area contributed by atoms with Gasteiger partial charge in [-0.3, -0.25) is 9.10 Å². The number of hydrogen-bond acceptors (Lipinski definition) is 4. The Morgan fingerprint density at radius 1 is 1.03 bits per heavy atom. The van der Waals surface area contributed by atoms with E-state index in [4.69, 9.17) is 16.3 Å². The van der Waals surface area contributed by atoms with E-state index in [9.17, 15) is 17.6 Å². The van der Waals surface area contributed by atoms with Crippen molar-refractivity contribution in [1.29, 1.82) is 0 Å². The van der Waals surface area contributed by atoms with Gasteiger partial charge in [-0.05, 0) is 67.6 Å². The molecule has 162 valence electrons. The molecule has 0 spiro atoms. The summed E-state index contributed by atoms with van der Waals surface area (Å²) in [6.45, 7) is 1.72. The van der Waals surface area contributed by atoms with E-state index >= 15 is 0 Å². The van der Waals surface area contributed by atoms with E-state index in [1.165, 1.54) is 36.4 Å². The molecule has 3 rings (SSSR count). The van der Waals surface area contributed by atoms with Gasteiger partial charge in [-0.25, -0.2) is 12.8 Å². The fourth-order valence-electron chi connectivity index (χ4n) is 2.81. The molecule has 0 radical (unpaired) electrons. The number of sulfonamides is 1. The van der Waals surface area contributed by atoms with Gasteiger partial charge in [0.05, 0.1) is 27.9 Å². The van der Waals surface area contributed by atoms with Gasteiger partial charge in [-0.2, -0.15) is 0 Å². The third kappa shape index (κ3) is 5.53. The molecule has 0 saturated carbocycles. The molecule has 0 atom stereocenters. The molecule has 0 unspecified atom stereocenters. The highest BCUT2D eigenvalue weighted by molar-refractivity contribution is 7.92. The smallest absolute Gasteiger partial charge is 0.264 e. The third-order valence-corrected chi connectivity index (χ3v) is 6.39. The van der Waals surface area contributed by atoms with Gasteiger partial charge in [0.1, 0.15) is 18.1 Å². The molecule has 0 bridgehead atoms. The molecular weight excluding hydrogens is 443 g/mol. The second-order valence-corrected chi connectivity index (χ2v) is 8.69. The number of hydrogen-bond donors (Lipinski definition) is 1. The van der Waals surface area contributed by atoms with Crippen molar-refractivity contribution in [3.05, 3.63) is 83.6 Å². The first kappa shape index (κ1) is 22.6. The number of benzene rings is 3. The van der Waals surface area contributed by atoms with Gasteiger partial charge >= 0.3 is 0 Å². The number of ether oxygens (including phenoxy) is 1. The standard InChI is InChI=1S/C22H20ClFN2O4S/c1-2-30-18-11-13-19(14-12-18)31(28,29)26(17-9-7-16(24)8-10-17)15-22(27)25-21-6-4-3-5-20(21)23/h3-14H,2,15H2,1H3,(H,25,27). The fraction of sp³-hybridized carbons (Fsp3) is 0.136. The molecule has 1 N–H and O–H groups in total. The number of para-hydroxylation sites is 1. The molecule has 0 aliphatic carbocycles. The van der Waals surface area contributed by atoms with Crippen molar-refractivity contribution in [3.8, 4) is 5.75 Å². The normalized spacial score (nSPS) is 11.1. The number of carbonyl (C=O) groups excluding carboxylic acids is 1. The van der Waals surface area contributed by atoms with Crippen molar-refractivity contribution >= 4 is 38.9 Å². The van der Waals surface area contributed by atoms with E-state index in [0.29, 0.717) is 23.1 Å². The molecule has 0 fully saturated rings. The summed E-state index contributed by atoms with van der Waals surface area (Å²) in [5.74, 6) is -0.610. The first-order valence-corrected chi connectivity index (χ1v) is 11.2. The maximum Gasteiger partial charge on any atom is 0.264 e. The highest BCUT2D eigenvalue weighted by Crippen LogP contribution is 2.26. The second-order valence-electron chi connectivity index (χ2n) is 6.42. The van der Waals surface area contributed by atoms with Crippen molar-refractivity contribution < 1.29 is 22.3 Å².